The molecule has 2 heterocycles. The van der Waals surface area contributed by atoms with Gasteiger partial charge in [0.25, 0.3) is 5.69 Å². The second-order valence-electron chi connectivity index (χ2n) is 8.49. The average molecular weight is 527 g/mol. The van der Waals surface area contributed by atoms with Gasteiger partial charge in [-0.15, -0.1) is 0 Å². The molecule has 1 saturated heterocycles. The van der Waals surface area contributed by atoms with Crippen LogP contribution in [0.4, 0.5) is 29.2 Å². The minimum absolute atomic E-state index is 0.0367. The molecule has 12 heteroatoms. The van der Waals surface area contributed by atoms with Gasteiger partial charge in [0.2, 0.25) is 17.8 Å². The summed E-state index contributed by atoms with van der Waals surface area (Å²) in [7, 11) is 0. The van der Waals surface area contributed by atoms with Crippen molar-refractivity contribution in [3.8, 4) is 5.75 Å². The Morgan fingerprint density at radius 1 is 0.949 bits per heavy atom. The van der Waals surface area contributed by atoms with E-state index in [1.807, 2.05) is 59.5 Å². The summed E-state index contributed by atoms with van der Waals surface area (Å²) < 4.78 is 11.4. The first-order valence-electron chi connectivity index (χ1n) is 12.3. The van der Waals surface area contributed by atoms with Gasteiger partial charge in [0.1, 0.15) is 12.4 Å². The van der Waals surface area contributed by atoms with E-state index in [2.05, 4.69) is 30.8 Å². The lowest BCUT2D eigenvalue weighted by Gasteiger charge is -2.27. The maximum absolute atomic E-state index is 10.9. The lowest BCUT2D eigenvalue weighted by molar-refractivity contribution is -0.384. The van der Waals surface area contributed by atoms with Gasteiger partial charge in [-0.25, -0.2) is 5.43 Å². The summed E-state index contributed by atoms with van der Waals surface area (Å²) in [5, 5.41) is 18.4. The zero-order chi connectivity index (χ0) is 26.9. The quantitative estimate of drug-likeness (QED) is 0.174. The van der Waals surface area contributed by atoms with Crippen molar-refractivity contribution in [2.24, 2.45) is 5.10 Å². The van der Waals surface area contributed by atoms with Crippen molar-refractivity contribution in [1.29, 1.82) is 0 Å². The second-order valence-corrected chi connectivity index (χ2v) is 8.49. The Kier molecular flexibility index (Phi) is 8.14. The number of anilines is 4. The Morgan fingerprint density at radius 3 is 2.44 bits per heavy atom. The molecule has 4 aromatic rings. The van der Waals surface area contributed by atoms with Crippen LogP contribution in [0.25, 0.3) is 0 Å². The number of non-ortho nitro benzene ring substituents is 1. The van der Waals surface area contributed by atoms with Crippen molar-refractivity contribution in [2.75, 3.05) is 41.9 Å². The van der Waals surface area contributed by atoms with E-state index in [4.69, 9.17) is 9.47 Å². The van der Waals surface area contributed by atoms with E-state index < -0.39 is 4.92 Å². The molecule has 2 N–H and O–H groups in total. The van der Waals surface area contributed by atoms with Crippen LogP contribution in [0.1, 0.15) is 11.1 Å². The summed E-state index contributed by atoms with van der Waals surface area (Å²) in [4.78, 5) is 26.1. The summed E-state index contributed by atoms with van der Waals surface area (Å²) in [6.07, 6.45) is 1.62. The van der Waals surface area contributed by atoms with E-state index >= 15 is 0 Å². The molecule has 12 nitrogen and oxygen atoms in total. The van der Waals surface area contributed by atoms with Crippen LogP contribution in [0.3, 0.4) is 0 Å². The van der Waals surface area contributed by atoms with E-state index in [0.717, 1.165) is 16.8 Å². The molecule has 0 atom stereocenters. The smallest absolute Gasteiger partial charge is 0.269 e. The summed E-state index contributed by atoms with van der Waals surface area (Å²) in [6.45, 7) is 2.81. The zero-order valence-corrected chi connectivity index (χ0v) is 20.9. The second kappa shape index (κ2) is 12.4. The number of nitrogens with one attached hydrogen (secondary N) is 2. The van der Waals surface area contributed by atoms with Crippen LogP contribution in [-0.4, -0.2) is 52.4 Å². The molecule has 1 fully saturated rings. The summed E-state index contributed by atoms with van der Waals surface area (Å²) >= 11 is 0. The molecule has 0 amide bonds. The number of nitro benzene ring substituents is 1. The van der Waals surface area contributed by atoms with Crippen LogP contribution < -0.4 is 20.4 Å². The van der Waals surface area contributed by atoms with Crippen LogP contribution in [0.2, 0.25) is 0 Å². The van der Waals surface area contributed by atoms with Crippen molar-refractivity contribution < 1.29 is 14.4 Å². The highest BCUT2D eigenvalue weighted by atomic mass is 16.6. The molecule has 0 bridgehead atoms. The fourth-order valence-corrected chi connectivity index (χ4v) is 3.78. The third kappa shape index (κ3) is 7.02. The van der Waals surface area contributed by atoms with Gasteiger partial charge in [-0.3, -0.25) is 10.1 Å². The van der Waals surface area contributed by atoms with E-state index in [1.54, 1.807) is 18.3 Å². The van der Waals surface area contributed by atoms with E-state index in [0.29, 0.717) is 43.9 Å². The van der Waals surface area contributed by atoms with Crippen molar-refractivity contribution in [1.82, 2.24) is 15.0 Å². The molecule has 39 heavy (non-hydrogen) atoms. The number of para-hydroxylation sites is 2. The topological polar surface area (TPSA) is 140 Å². The van der Waals surface area contributed by atoms with Gasteiger partial charge in [-0.1, -0.05) is 30.3 Å². The maximum atomic E-state index is 10.9. The highest BCUT2D eigenvalue weighted by Crippen LogP contribution is 2.21. The predicted octanol–water partition coefficient (Wildman–Crippen LogP) is 4.39. The first-order valence-corrected chi connectivity index (χ1v) is 12.3. The Balaban J connectivity index is 1.30. The van der Waals surface area contributed by atoms with Gasteiger partial charge in [0.05, 0.1) is 24.4 Å². The van der Waals surface area contributed by atoms with Gasteiger partial charge in [0, 0.05) is 36.5 Å². The monoisotopic (exact) mass is 526 g/mol. The normalized spacial score (nSPS) is 13.3. The molecular formula is C27H26N8O4. The van der Waals surface area contributed by atoms with Crippen molar-refractivity contribution in [3.05, 3.63) is 100 Å². The maximum Gasteiger partial charge on any atom is 0.269 e. The minimum Gasteiger partial charge on any atom is -0.488 e. The lowest BCUT2D eigenvalue weighted by Crippen LogP contribution is -2.37. The van der Waals surface area contributed by atoms with Crippen LogP contribution in [0.15, 0.2) is 84.0 Å². The molecule has 1 aliphatic rings. The van der Waals surface area contributed by atoms with Gasteiger partial charge < -0.3 is 19.7 Å². The Morgan fingerprint density at radius 2 is 1.67 bits per heavy atom. The molecule has 1 aliphatic heterocycles. The van der Waals surface area contributed by atoms with Gasteiger partial charge in [-0.05, 0) is 42.0 Å². The van der Waals surface area contributed by atoms with E-state index in [1.165, 1.54) is 12.1 Å². The highest BCUT2D eigenvalue weighted by molar-refractivity contribution is 5.83. The summed E-state index contributed by atoms with van der Waals surface area (Å²) in [5.41, 5.74) is 5.34. The lowest BCUT2D eigenvalue weighted by atomic mass is 10.2. The van der Waals surface area contributed by atoms with Crippen molar-refractivity contribution >= 4 is 35.4 Å². The third-order valence-corrected chi connectivity index (χ3v) is 5.78. The molecule has 198 valence electrons. The average Bonchev–Trinajstić information content (AvgIpc) is 2.98. The van der Waals surface area contributed by atoms with E-state index in [-0.39, 0.29) is 18.2 Å². The molecule has 3 aromatic carbocycles. The molecule has 0 spiro atoms. The molecule has 0 aliphatic carbocycles. The Bertz CT molecular complexity index is 1430. The minimum atomic E-state index is -0.430. The number of hydrogen-bond acceptors (Lipinski definition) is 11. The zero-order valence-electron chi connectivity index (χ0n) is 20.9. The number of hydrogen-bond donors (Lipinski definition) is 2. The van der Waals surface area contributed by atoms with Crippen molar-refractivity contribution in [3.63, 3.8) is 0 Å². The Labute approximate surface area is 224 Å². The molecule has 0 unspecified atom stereocenters. The summed E-state index contributed by atoms with van der Waals surface area (Å²) in [6, 6.07) is 23.3. The number of nitro groups is 1. The SMILES string of the molecule is O=[N+]([O-])c1ccc(COc2ccccc2/C=N\Nc2nc(Nc3ccccc3)nc(N3CCOCC3)n2)cc1. The number of aromatic nitrogens is 3. The highest BCUT2D eigenvalue weighted by Gasteiger charge is 2.17. The third-order valence-electron chi connectivity index (χ3n) is 5.78. The van der Waals surface area contributed by atoms with Gasteiger partial charge in [-0.2, -0.15) is 20.1 Å². The number of nitrogens with zero attached hydrogens (tertiary/aromatic N) is 6. The van der Waals surface area contributed by atoms with Crippen LogP contribution in [0.5, 0.6) is 5.75 Å². The number of morpholine rings is 1. The predicted molar refractivity (Wildman–Crippen MR) is 148 cm³/mol. The number of benzene rings is 3. The number of ether oxygens (including phenoxy) is 2. The summed E-state index contributed by atoms with van der Waals surface area (Å²) in [5.74, 6) is 1.81. The van der Waals surface area contributed by atoms with Crippen LogP contribution >= 0.6 is 0 Å². The van der Waals surface area contributed by atoms with E-state index in [9.17, 15) is 10.1 Å². The first kappa shape index (κ1) is 25.5. The molecule has 0 saturated carbocycles. The fourth-order valence-electron chi connectivity index (χ4n) is 3.78. The van der Waals surface area contributed by atoms with Crippen LogP contribution in [0, 0.1) is 10.1 Å². The first-order chi connectivity index (χ1) is 19.1. The van der Waals surface area contributed by atoms with Gasteiger partial charge in [0.15, 0.2) is 0 Å². The van der Waals surface area contributed by atoms with Crippen LogP contribution in [-0.2, 0) is 11.3 Å². The number of hydrazone groups is 1. The van der Waals surface area contributed by atoms with Gasteiger partial charge >= 0.3 is 0 Å². The van der Waals surface area contributed by atoms with Crippen molar-refractivity contribution in [2.45, 2.75) is 6.61 Å². The standard InChI is InChI=1S/C27H26N8O4/c36-35(37)23-12-10-20(11-13-23)19-39-24-9-5-4-6-21(24)18-28-33-26-30-25(29-22-7-2-1-3-8-22)31-27(32-26)34-14-16-38-17-15-34/h1-13,18H,14-17,19H2,(H2,29,30,31,32,33)/b28-18-. The molecule has 0 radical (unpaired) electrons. The number of rotatable bonds is 10. The Hall–Kier alpha value is -5.10. The molecular weight excluding hydrogens is 500 g/mol. The molecule has 1 aromatic heterocycles. The fraction of sp³-hybridized carbons (Fsp3) is 0.185. The molecule has 5 rings (SSSR count). The largest absolute Gasteiger partial charge is 0.488 e.